The molecule has 0 amide bonds. The summed E-state index contributed by atoms with van der Waals surface area (Å²) in [6.45, 7) is 1.62. The largest absolute Gasteiger partial charge is 0.481 e. The smallest absolute Gasteiger partial charge is 0.307 e. The van der Waals surface area contributed by atoms with Crippen LogP contribution in [0.5, 0.6) is 0 Å². The molecule has 0 saturated carbocycles. The molecule has 0 aliphatic carbocycles. The second-order valence-electron chi connectivity index (χ2n) is 3.08. The van der Waals surface area contributed by atoms with Crippen LogP contribution in [0.25, 0.3) is 0 Å². The molecular weight excluding hydrogens is 208 g/mol. The van der Waals surface area contributed by atoms with Crippen molar-refractivity contribution in [2.24, 2.45) is 5.92 Å². The molecular formula is C7H16N2O4S. The lowest BCUT2D eigenvalue weighted by molar-refractivity contribution is -0.141. The van der Waals surface area contributed by atoms with Crippen LogP contribution in [0, 0.1) is 5.92 Å². The quantitative estimate of drug-likeness (QED) is 0.636. The van der Waals surface area contributed by atoms with Crippen LogP contribution in [-0.4, -0.2) is 44.4 Å². The number of hydrogen-bond donors (Lipinski definition) is 2. The highest BCUT2D eigenvalue weighted by Crippen LogP contribution is 2.01. The normalized spacial score (nSPS) is 14.3. The van der Waals surface area contributed by atoms with Gasteiger partial charge < -0.3 is 5.11 Å². The van der Waals surface area contributed by atoms with Crippen molar-refractivity contribution in [2.75, 3.05) is 20.6 Å². The molecule has 0 aromatic carbocycles. The number of hydrogen-bond acceptors (Lipinski definition) is 3. The van der Waals surface area contributed by atoms with Gasteiger partial charge in [-0.05, 0) is 6.42 Å². The molecule has 84 valence electrons. The summed E-state index contributed by atoms with van der Waals surface area (Å²) in [5.41, 5.74) is 0. The second-order valence-corrected chi connectivity index (χ2v) is 5.05. The molecule has 0 saturated heterocycles. The van der Waals surface area contributed by atoms with Gasteiger partial charge in [0.2, 0.25) is 0 Å². The topological polar surface area (TPSA) is 86.7 Å². The van der Waals surface area contributed by atoms with Crippen molar-refractivity contribution >= 4 is 16.2 Å². The van der Waals surface area contributed by atoms with Gasteiger partial charge in [0, 0.05) is 20.6 Å². The number of rotatable bonds is 6. The third kappa shape index (κ3) is 4.03. The SMILES string of the molecule is CCC(CNS(=O)(=O)N(C)C)C(=O)O. The molecule has 0 aliphatic rings. The zero-order chi connectivity index (χ0) is 11.4. The standard InChI is InChI=1S/C7H16N2O4S/c1-4-6(7(10)11)5-8-14(12,13)9(2)3/h6,8H,4-5H2,1-3H3,(H,10,11). The summed E-state index contributed by atoms with van der Waals surface area (Å²) < 4.78 is 25.6. The van der Waals surface area contributed by atoms with Crippen LogP contribution in [0.1, 0.15) is 13.3 Å². The molecule has 0 rings (SSSR count). The highest BCUT2D eigenvalue weighted by molar-refractivity contribution is 7.87. The minimum atomic E-state index is -3.52. The molecule has 0 aromatic rings. The average molecular weight is 224 g/mol. The number of carboxylic acid groups (broad SMARTS) is 1. The minimum Gasteiger partial charge on any atom is -0.481 e. The van der Waals surface area contributed by atoms with E-state index in [1.807, 2.05) is 0 Å². The highest BCUT2D eigenvalue weighted by atomic mass is 32.2. The predicted octanol–water partition coefficient (Wildman–Crippen LogP) is -0.507. The van der Waals surface area contributed by atoms with Crippen molar-refractivity contribution in [1.29, 1.82) is 0 Å². The van der Waals surface area contributed by atoms with Crippen molar-refractivity contribution in [2.45, 2.75) is 13.3 Å². The van der Waals surface area contributed by atoms with Gasteiger partial charge in [0.1, 0.15) is 0 Å². The Bertz CT molecular complexity index is 286. The molecule has 14 heavy (non-hydrogen) atoms. The first-order valence-corrected chi connectivity index (χ1v) is 5.65. The van der Waals surface area contributed by atoms with E-state index in [0.717, 1.165) is 4.31 Å². The number of nitrogens with one attached hydrogen (secondary N) is 1. The Morgan fingerprint density at radius 2 is 2.00 bits per heavy atom. The summed E-state index contributed by atoms with van der Waals surface area (Å²) in [6, 6.07) is 0. The van der Waals surface area contributed by atoms with Crippen molar-refractivity contribution in [3.8, 4) is 0 Å². The van der Waals surface area contributed by atoms with Gasteiger partial charge in [-0.3, -0.25) is 4.79 Å². The van der Waals surface area contributed by atoms with Crippen molar-refractivity contribution < 1.29 is 18.3 Å². The third-order valence-electron chi connectivity index (χ3n) is 1.83. The molecule has 0 radical (unpaired) electrons. The van der Waals surface area contributed by atoms with Crippen LogP contribution in [0.15, 0.2) is 0 Å². The van der Waals surface area contributed by atoms with Crippen LogP contribution in [-0.2, 0) is 15.0 Å². The Morgan fingerprint density at radius 3 is 2.29 bits per heavy atom. The number of nitrogens with zero attached hydrogens (tertiary/aromatic N) is 1. The first-order chi connectivity index (χ1) is 6.31. The zero-order valence-electron chi connectivity index (χ0n) is 8.52. The van der Waals surface area contributed by atoms with Crippen molar-refractivity contribution in [1.82, 2.24) is 9.03 Å². The Labute approximate surface area is 84.1 Å². The maximum absolute atomic E-state index is 11.2. The molecule has 2 N–H and O–H groups in total. The lowest BCUT2D eigenvalue weighted by Crippen LogP contribution is -2.39. The van der Waals surface area contributed by atoms with Gasteiger partial charge in [-0.1, -0.05) is 6.92 Å². The van der Waals surface area contributed by atoms with Crippen molar-refractivity contribution in [3.05, 3.63) is 0 Å². The first-order valence-electron chi connectivity index (χ1n) is 4.21. The number of aliphatic carboxylic acids is 1. The first kappa shape index (κ1) is 13.3. The third-order valence-corrected chi connectivity index (χ3v) is 3.33. The van der Waals surface area contributed by atoms with Gasteiger partial charge >= 0.3 is 5.97 Å². The molecule has 0 fully saturated rings. The number of carboxylic acids is 1. The van der Waals surface area contributed by atoms with Crippen molar-refractivity contribution in [3.63, 3.8) is 0 Å². The molecule has 7 heteroatoms. The summed E-state index contributed by atoms with van der Waals surface area (Å²) in [6.07, 6.45) is 0.394. The van der Waals surface area contributed by atoms with Gasteiger partial charge in [0.25, 0.3) is 10.2 Å². The van der Waals surface area contributed by atoms with Crippen LogP contribution in [0.2, 0.25) is 0 Å². The fourth-order valence-electron chi connectivity index (χ4n) is 0.741. The summed E-state index contributed by atoms with van der Waals surface area (Å²) in [5.74, 6) is -1.67. The Kier molecular flexibility index (Phi) is 5.03. The van der Waals surface area contributed by atoms with Gasteiger partial charge in [-0.2, -0.15) is 12.7 Å². The van der Waals surface area contributed by atoms with E-state index in [0.29, 0.717) is 6.42 Å². The molecule has 0 spiro atoms. The van der Waals surface area contributed by atoms with Crippen LogP contribution in [0.4, 0.5) is 0 Å². The van der Waals surface area contributed by atoms with Gasteiger partial charge in [-0.15, -0.1) is 0 Å². The van der Waals surface area contributed by atoms with Crippen LogP contribution in [0.3, 0.4) is 0 Å². The molecule has 0 heterocycles. The molecule has 0 aromatic heterocycles. The van der Waals surface area contributed by atoms with Gasteiger partial charge in [-0.25, -0.2) is 4.72 Å². The maximum atomic E-state index is 11.2. The average Bonchev–Trinajstić information content (AvgIpc) is 2.04. The fraction of sp³-hybridized carbons (Fsp3) is 0.857. The molecule has 1 unspecified atom stereocenters. The van der Waals surface area contributed by atoms with E-state index in [2.05, 4.69) is 4.72 Å². The van der Waals surface area contributed by atoms with Crippen LogP contribution < -0.4 is 4.72 Å². The monoisotopic (exact) mass is 224 g/mol. The van der Waals surface area contributed by atoms with E-state index < -0.39 is 22.1 Å². The summed E-state index contributed by atoms with van der Waals surface area (Å²) in [7, 11) is -0.759. The Morgan fingerprint density at radius 1 is 1.50 bits per heavy atom. The minimum absolute atomic E-state index is 0.0770. The fourth-order valence-corrected chi connectivity index (χ4v) is 1.41. The second kappa shape index (κ2) is 5.28. The summed E-state index contributed by atoms with van der Waals surface area (Å²) in [4.78, 5) is 10.6. The zero-order valence-corrected chi connectivity index (χ0v) is 9.34. The van der Waals surface area contributed by atoms with E-state index in [4.69, 9.17) is 5.11 Å². The van der Waals surface area contributed by atoms with E-state index in [1.54, 1.807) is 6.92 Å². The number of carbonyl (C=O) groups is 1. The summed E-state index contributed by atoms with van der Waals surface area (Å²) in [5, 5.41) is 8.66. The molecule has 6 nitrogen and oxygen atoms in total. The van der Waals surface area contributed by atoms with E-state index in [-0.39, 0.29) is 6.54 Å². The Hall–Kier alpha value is -0.660. The lowest BCUT2D eigenvalue weighted by Gasteiger charge is -2.15. The molecule has 0 aliphatic heterocycles. The molecule has 0 bridgehead atoms. The van der Waals surface area contributed by atoms with Gasteiger partial charge in [0.15, 0.2) is 0 Å². The lowest BCUT2D eigenvalue weighted by atomic mass is 10.1. The molecule has 1 atom stereocenters. The van der Waals surface area contributed by atoms with Gasteiger partial charge in [0.05, 0.1) is 5.92 Å². The van der Waals surface area contributed by atoms with E-state index >= 15 is 0 Å². The van der Waals surface area contributed by atoms with Crippen LogP contribution >= 0.6 is 0 Å². The maximum Gasteiger partial charge on any atom is 0.307 e. The van der Waals surface area contributed by atoms with E-state index in [1.165, 1.54) is 14.1 Å². The highest BCUT2D eigenvalue weighted by Gasteiger charge is 2.19. The predicted molar refractivity (Wildman–Crippen MR) is 52.0 cm³/mol. The van der Waals surface area contributed by atoms with E-state index in [9.17, 15) is 13.2 Å². The summed E-state index contributed by atoms with van der Waals surface area (Å²) >= 11 is 0. The Balaban J connectivity index is 4.24.